The molecule has 126 valence electrons. The Morgan fingerprint density at radius 2 is 2.00 bits per heavy atom. The van der Waals surface area contributed by atoms with E-state index in [9.17, 15) is 14.4 Å². The molecule has 1 saturated carbocycles. The van der Waals surface area contributed by atoms with Gasteiger partial charge in [-0.05, 0) is 31.9 Å². The van der Waals surface area contributed by atoms with E-state index in [0.717, 1.165) is 17.9 Å². The molecule has 0 saturated heterocycles. The Morgan fingerprint density at radius 3 is 2.62 bits per heavy atom. The van der Waals surface area contributed by atoms with E-state index in [-0.39, 0.29) is 36.3 Å². The van der Waals surface area contributed by atoms with Crippen molar-refractivity contribution >= 4 is 29.1 Å². The van der Waals surface area contributed by atoms with E-state index in [0.29, 0.717) is 11.3 Å². The predicted molar refractivity (Wildman–Crippen MR) is 87.2 cm³/mol. The molecule has 0 radical (unpaired) electrons. The average molecular weight is 329 g/mol. The molecular formula is C17H19N3O4. The first-order valence-corrected chi connectivity index (χ1v) is 7.99. The van der Waals surface area contributed by atoms with Gasteiger partial charge in [-0.1, -0.05) is 12.1 Å². The summed E-state index contributed by atoms with van der Waals surface area (Å²) in [6.07, 6.45) is 1.62. The first-order valence-electron chi connectivity index (χ1n) is 7.99. The summed E-state index contributed by atoms with van der Waals surface area (Å²) in [7, 11) is 0. The molecule has 7 nitrogen and oxygen atoms in total. The van der Waals surface area contributed by atoms with Crippen LogP contribution in [0.3, 0.4) is 0 Å². The van der Waals surface area contributed by atoms with Gasteiger partial charge in [0.1, 0.15) is 5.71 Å². The molecule has 0 bridgehead atoms. The van der Waals surface area contributed by atoms with Crippen molar-refractivity contribution in [3.8, 4) is 0 Å². The highest BCUT2D eigenvalue weighted by atomic mass is 16.5. The number of carbonyl (C=O) groups is 3. The number of amides is 1. The highest BCUT2D eigenvalue weighted by Gasteiger charge is 2.44. The molecule has 1 fully saturated rings. The molecule has 1 aliphatic carbocycles. The predicted octanol–water partition coefficient (Wildman–Crippen LogP) is 1.38. The maximum atomic E-state index is 12.6. The van der Waals surface area contributed by atoms with Gasteiger partial charge < -0.3 is 10.5 Å². The smallest absolute Gasteiger partial charge is 0.331 e. The minimum Gasteiger partial charge on any atom is -0.464 e. The van der Waals surface area contributed by atoms with Crippen LogP contribution in [0.25, 0.3) is 0 Å². The molecule has 7 heteroatoms. The van der Waals surface area contributed by atoms with Crippen molar-refractivity contribution in [2.75, 3.05) is 12.3 Å². The molecule has 1 heterocycles. The lowest BCUT2D eigenvalue weighted by molar-refractivity contribution is -0.154. The number of rotatable bonds is 5. The first kappa shape index (κ1) is 16.2. The number of nitrogens with zero attached hydrogens (tertiary/aromatic N) is 2. The normalized spacial score (nSPS) is 19.8. The third-order valence-corrected chi connectivity index (χ3v) is 4.09. The third-order valence-electron chi connectivity index (χ3n) is 4.09. The zero-order chi connectivity index (χ0) is 17.3. The highest BCUT2D eigenvalue weighted by Crippen LogP contribution is 2.34. The molecule has 0 aromatic heterocycles. The van der Waals surface area contributed by atoms with Gasteiger partial charge in [-0.2, -0.15) is 5.10 Å². The lowest BCUT2D eigenvalue weighted by Crippen LogP contribution is -2.40. The SMILES string of the molecule is CCOC(=O)C1CC(C(=O)c2ccccc2N)=NN1C(=O)C1CC1. The molecule has 1 amide bonds. The van der Waals surface area contributed by atoms with Crippen molar-refractivity contribution in [2.24, 2.45) is 11.0 Å². The largest absolute Gasteiger partial charge is 0.464 e. The van der Waals surface area contributed by atoms with Gasteiger partial charge in [0.05, 0.1) is 6.61 Å². The fourth-order valence-corrected chi connectivity index (χ4v) is 2.65. The number of benzene rings is 1. The summed E-state index contributed by atoms with van der Waals surface area (Å²) in [6, 6.07) is 5.79. The van der Waals surface area contributed by atoms with Crippen molar-refractivity contribution in [3.63, 3.8) is 0 Å². The zero-order valence-corrected chi connectivity index (χ0v) is 13.4. The first-order chi connectivity index (χ1) is 11.5. The number of nitrogen functional groups attached to an aromatic ring is 1. The van der Waals surface area contributed by atoms with Crippen molar-refractivity contribution in [2.45, 2.75) is 32.2 Å². The Kier molecular flexibility index (Phi) is 4.33. The van der Waals surface area contributed by atoms with Crippen LogP contribution < -0.4 is 5.73 Å². The summed E-state index contributed by atoms with van der Waals surface area (Å²) in [5.74, 6) is -1.24. The number of Topliss-reactive ketones (excluding diaryl/α,β-unsaturated/α-hetero) is 1. The molecule has 1 aliphatic heterocycles. The van der Waals surface area contributed by atoms with Gasteiger partial charge in [0.25, 0.3) is 0 Å². The minimum atomic E-state index is -0.873. The highest BCUT2D eigenvalue weighted by molar-refractivity contribution is 6.47. The second kappa shape index (κ2) is 6.43. The Balaban J connectivity index is 1.87. The quantitative estimate of drug-likeness (QED) is 0.499. The van der Waals surface area contributed by atoms with Gasteiger partial charge in [-0.3, -0.25) is 9.59 Å². The number of hydrazone groups is 1. The fraction of sp³-hybridized carbons (Fsp3) is 0.412. The molecule has 2 aliphatic rings. The molecule has 1 aromatic rings. The summed E-state index contributed by atoms with van der Waals surface area (Å²) in [5.41, 5.74) is 6.65. The summed E-state index contributed by atoms with van der Waals surface area (Å²) < 4.78 is 5.02. The fourth-order valence-electron chi connectivity index (χ4n) is 2.65. The van der Waals surface area contributed by atoms with E-state index < -0.39 is 12.0 Å². The molecule has 3 rings (SSSR count). The van der Waals surface area contributed by atoms with Crippen LogP contribution >= 0.6 is 0 Å². The number of ether oxygens (including phenoxy) is 1. The van der Waals surface area contributed by atoms with Crippen LogP contribution in [0.4, 0.5) is 5.69 Å². The van der Waals surface area contributed by atoms with Gasteiger partial charge >= 0.3 is 5.97 Å². The summed E-state index contributed by atoms with van der Waals surface area (Å²) in [4.78, 5) is 37.2. The maximum absolute atomic E-state index is 12.6. The van der Waals surface area contributed by atoms with Crippen LogP contribution in [-0.4, -0.2) is 41.0 Å². The van der Waals surface area contributed by atoms with E-state index in [1.54, 1.807) is 31.2 Å². The van der Waals surface area contributed by atoms with Crippen LogP contribution in [0.1, 0.15) is 36.5 Å². The van der Waals surface area contributed by atoms with E-state index in [4.69, 9.17) is 10.5 Å². The second-order valence-corrected chi connectivity index (χ2v) is 5.89. The number of hydrogen-bond donors (Lipinski definition) is 1. The van der Waals surface area contributed by atoms with Gasteiger partial charge in [-0.25, -0.2) is 9.80 Å². The Hall–Kier alpha value is -2.70. The lowest BCUT2D eigenvalue weighted by atomic mass is 10.0. The Labute approximate surface area is 139 Å². The Morgan fingerprint density at radius 1 is 1.29 bits per heavy atom. The molecule has 1 unspecified atom stereocenters. The van der Waals surface area contributed by atoms with Gasteiger partial charge in [0, 0.05) is 23.6 Å². The topological polar surface area (TPSA) is 102 Å². The summed E-state index contributed by atoms with van der Waals surface area (Å²) in [5, 5.41) is 5.27. The van der Waals surface area contributed by atoms with Crippen LogP contribution in [0, 0.1) is 5.92 Å². The van der Waals surface area contributed by atoms with Gasteiger partial charge in [0.15, 0.2) is 6.04 Å². The second-order valence-electron chi connectivity index (χ2n) is 5.89. The van der Waals surface area contributed by atoms with E-state index in [2.05, 4.69) is 5.10 Å². The number of esters is 1. The monoisotopic (exact) mass is 329 g/mol. The molecule has 24 heavy (non-hydrogen) atoms. The molecule has 2 N–H and O–H groups in total. The number of carbonyl (C=O) groups excluding carboxylic acids is 3. The number of hydrogen-bond acceptors (Lipinski definition) is 6. The summed E-state index contributed by atoms with van der Waals surface area (Å²) in [6.45, 7) is 1.90. The maximum Gasteiger partial charge on any atom is 0.331 e. The van der Waals surface area contributed by atoms with Crippen LogP contribution in [0.15, 0.2) is 29.4 Å². The average Bonchev–Trinajstić information content (AvgIpc) is 3.32. The third kappa shape index (κ3) is 3.02. The lowest BCUT2D eigenvalue weighted by Gasteiger charge is -2.19. The summed E-state index contributed by atoms with van der Waals surface area (Å²) >= 11 is 0. The van der Waals surface area contributed by atoms with Crippen molar-refractivity contribution in [3.05, 3.63) is 29.8 Å². The van der Waals surface area contributed by atoms with Crippen molar-refractivity contribution < 1.29 is 19.1 Å². The zero-order valence-electron chi connectivity index (χ0n) is 13.4. The van der Waals surface area contributed by atoms with E-state index >= 15 is 0 Å². The van der Waals surface area contributed by atoms with Gasteiger partial charge in [-0.15, -0.1) is 0 Å². The van der Waals surface area contributed by atoms with Crippen molar-refractivity contribution in [1.82, 2.24) is 5.01 Å². The molecule has 0 spiro atoms. The number of para-hydroxylation sites is 1. The molecular weight excluding hydrogens is 310 g/mol. The number of anilines is 1. The van der Waals surface area contributed by atoms with E-state index in [1.165, 1.54) is 0 Å². The standard InChI is InChI=1S/C17H19N3O4/c1-2-24-17(23)14-9-13(19-20(14)16(22)10-7-8-10)15(21)11-5-3-4-6-12(11)18/h3-6,10,14H,2,7-9,18H2,1H3. The Bertz CT molecular complexity index is 724. The minimum absolute atomic E-state index is 0.0461. The number of nitrogens with two attached hydrogens (primary N) is 1. The van der Waals surface area contributed by atoms with Crippen molar-refractivity contribution in [1.29, 1.82) is 0 Å². The van der Waals surface area contributed by atoms with Gasteiger partial charge in [0.2, 0.25) is 11.7 Å². The van der Waals surface area contributed by atoms with E-state index in [1.807, 2.05) is 0 Å². The number of ketones is 1. The van der Waals surface area contributed by atoms with Crippen LogP contribution in [0.2, 0.25) is 0 Å². The molecule has 1 atom stereocenters. The molecule has 1 aromatic carbocycles. The van der Waals surface area contributed by atoms with Crippen LogP contribution in [-0.2, 0) is 14.3 Å². The van der Waals surface area contributed by atoms with Crippen LogP contribution in [0.5, 0.6) is 0 Å².